The quantitative estimate of drug-likeness (QED) is 0.336. The van der Waals surface area contributed by atoms with Gasteiger partial charge in [0, 0.05) is 26.7 Å². The summed E-state index contributed by atoms with van der Waals surface area (Å²) in [6.07, 6.45) is -3.43. The molecule has 0 saturated heterocycles. The molecule has 0 radical (unpaired) electrons. The summed E-state index contributed by atoms with van der Waals surface area (Å²) in [5.74, 6) is 1.40. The Hall–Kier alpha value is -1.23. The average molecular weight is 488 g/mol. The number of aryl methyl sites for hydroxylation is 1. The van der Waals surface area contributed by atoms with E-state index < -0.39 is 12.7 Å². The Morgan fingerprint density at radius 2 is 1.88 bits per heavy atom. The van der Waals surface area contributed by atoms with Crippen molar-refractivity contribution in [3.05, 3.63) is 29.3 Å². The van der Waals surface area contributed by atoms with Gasteiger partial charge < -0.3 is 15.4 Å². The van der Waals surface area contributed by atoms with Crippen LogP contribution in [-0.4, -0.2) is 64.4 Å². The lowest BCUT2D eigenvalue weighted by atomic mass is 10.1. The third-order valence-electron chi connectivity index (χ3n) is 3.58. The van der Waals surface area contributed by atoms with Crippen molar-refractivity contribution in [3.8, 4) is 5.75 Å². The summed E-state index contributed by atoms with van der Waals surface area (Å²) >= 11 is 0. The molecule has 1 aromatic carbocycles. The van der Waals surface area contributed by atoms with E-state index in [9.17, 15) is 13.2 Å². The van der Waals surface area contributed by atoms with Crippen LogP contribution in [0.4, 0.5) is 13.2 Å². The number of aliphatic imine (C=N–C) groups is 1. The van der Waals surface area contributed by atoms with Crippen molar-refractivity contribution in [1.82, 2.24) is 15.5 Å². The van der Waals surface area contributed by atoms with Gasteiger partial charge in [0.25, 0.3) is 0 Å². The normalized spacial score (nSPS) is 11.9. The maximum Gasteiger partial charge on any atom is 0.401 e. The fraction of sp³-hybridized carbons (Fsp3) is 0.588. The molecule has 0 fully saturated rings. The lowest BCUT2D eigenvalue weighted by Gasteiger charge is -2.19. The molecule has 1 aromatic rings. The Morgan fingerprint density at radius 3 is 2.46 bits per heavy atom. The molecule has 5 nitrogen and oxygen atoms in total. The molecule has 0 heterocycles. The van der Waals surface area contributed by atoms with Crippen LogP contribution in [-0.2, 0) is 6.42 Å². The van der Waals surface area contributed by atoms with Crippen LogP contribution in [0.25, 0.3) is 0 Å². The SMILES string of the molecule is CN=C(NCCc1cc(C)ccc1OC)NCCN(C)CC(F)(F)F.I. The van der Waals surface area contributed by atoms with E-state index in [0.717, 1.165) is 23.3 Å². The lowest BCUT2D eigenvalue weighted by Crippen LogP contribution is -2.43. The molecule has 0 aliphatic heterocycles. The van der Waals surface area contributed by atoms with Crippen molar-refractivity contribution in [2.75, 3.05) is 47.4 Å². The number of nitrogens with one attached hydrogen (secondary N) is 2. The maximum atomic E-state index is 12.3. The third-order valence-corrected chi connectivity index (χ3v) is 3.58. The summed E-state index contributed by atoms with van der Waals surface area (Å²) < 4.78 is 42.1. The second-order valence-electron chi connectivity index (χ2n) is 5.84. The van der Waals surface area contributed by atoms with Crippen LogP contribution in [0, 0.1) is 6.92 Å². The number of ether oxygens (including phenoxy) is 1. The molecule has 9 heteroatoms. The molecular weight excluding hydrogens is 460 g/mol. The highest BCUT2D eigenvalue weighted by Gasteiger charge is 2.28. The van der Waals surface area contributed by atoms with Crippen LogP contribution in [0.2, 0.25) is 0 Å². The van der Waals surface area contributed by atoms with Gasteiger partial charge in [-0.15, -0.1) is 24.0 Å². The highest BCUT2D eigenvalue weighted by molar-refractivity contribution is 14.0. The minimum Gasteiger partial charge on any atom is -0.496 e. The van der Waals surface area contributed by atoms with Gasteiger partial charge in [-0.1, -0.05) is 17.7 Å². The van der Waals surface area contributed by atoms with Gasteiger partial charge in [0.2, 0.25) is 0 Å². The number of alkyl halides is 3. The van der Waals surface area contributed by atoms with Crippen molar-refractivity contribution in [1.29, 1.82) is 0 Å². The Labute approximate surface area is 170 Å². The molecule has 0 aliphatic rings. The van der Waals surface area contributed by atoms with Gasteiger partial charge in [-0.25, -0.2) is 0 Å². The Morgan fingerprint density at radius 1 is 1.23 bits per heavy atom. The highest BCUT2D eigenvalue weighted by Crippen LogP contribution is 2.19. The lowest BCUT2D eigenvalue weighted by molar-refractivity contribution is -0.142. The largest absolute Gasteiger partial charge is 0.496 e. The Balaban J connectivity index is 0.00000625. The number of halogens is 4. The monoisotopic (exact) mass is 488 g/mol. The van der Waals surface area contributed by atoms with Crippen LogP contribution < -0.4 is 15.4 Å². The molecule has 150 valence electrons. The van der Waals surface area contributed by atoms with Crippen molar-refractivity contribution in [2.24, 2.45) is 4.99 Å². The molecule has 0 unspecified atom stereocenters. The molecule has 0 spiro atoms. The zero-order valence-electron chi connectivity index (χ0n) is 15.6. The van der Waals surface area contributed by atoms with E-state index in [1.807, 2.05) is 19.1 Å². The Bertz CT molecular complexity index is 567. The zero-order valence-corrected chi connectivity index (χ0v) is 17.9. The molecule has 1 rings (SSSR count). The highest BCUT2D eigenvalue weighted by atomic mass is 127. The average Bonchev–Trinajstić information content (AvgIpc) is 2.52. The molecular formula is C17H28F3IN4O. The van der Waals surface area contributed by atoms with Crippen molar-refractivity contribution in [2.45, 2.75) is 19.5 Å². The minimum absolute atomic E-state index is 0. The standard InChI is InChI=1S/C17H27F3N4O.HI/c1-13-5-6-15(25-4)14(11-13)7-8-22-16(21-2)23-9-10-24(3)12-17(18,19)20;/h5-6,11H,7-10,12H2,1-4H3,(H2,21,22,23);1H. The van der Waals surface area contributed by atoms with Crippen molar-refractivity contribution in [3.63, 3.8) is 0 Å². The molecule has 0 saturated carbocycles. The number of rotatable bonds is 8. The van der Waals surface area contributed by atoms with E-state index in [4.69, 9.17) is 4.74 Å². The summed E-state index contributed by atoms with van der Waals surface area (Å²) in [6.45, 7) is 2.38. The smallest absolute Gasteiger partial charge is 0.401 e. The summed E-state index contributed by atoms with van der Waals surface area (Å²) in [6, 6.07) is 6.00. The van der Waals surface area contributed by atoms with E-state index in [0.29, 0.717) is 19.0 Å². The van der Waals surface area contributed by atoms with E-state index in [1.165, 1.54) is 11.9 Å². The van der Waals surface area contributed by atoms with Crippen LogP contribution in [0.5, 0.6) is 5.75 Å². The molecule has 2 N–H and O–H groups in total. The summed E-state index contributed by atoms with van der Waals surface area (Å²) in [7, 11) is 4.71. The van der Waals surface area contributed by atoms with Crippen LogP contribution in [0.3, 0.4) is 0 Å². The zero-order chi connectivity index (χ0) is 18.9. The predicted octanol–water partition coefficient (Wildman–Crippen LogP) is 2.82. The number of hydrogen-bond donors (Lipinski definition) is 2. The van der Waals surface area contributed by atoms with Gasteiger partial charge >= 0.3 is 6.18 Å². The van der Waals surface area contributed by atoms with Crippen molar-refractivity contribution < 1.29 is 17.9 Å². The Kier molecular flexibility index (Phi) is 11.6. The van der Waals surface area contributed by atoms with E-state index in [-0.39, 0.29) is 30.5 Å². The fourth-order valence-corrected chi connectivity index (χ4v) is 2.39. The van der Waals surface area contributed by atoms with E-state index in [1.54, 1.807) is 14.2 Å². The number of benzene rings is 1. The van der Waals surface area contributed by atoms with E-state index >= 15 is 0 Å². The van der Waals surface area contributed by atoms with Gasteiger partial charge in [0.15, 0.2) is 5.96 Å². The topological polar surface area (TPSA) is 48.9 Å². The summed E-state index contributed by atoms with van der Waals surface area (Å²) in [5.41, 5.74) is 2.25. The van der Waals surface area contributed by atoms with Crippen LogP contribution in [0.15, 0.2) is 23.2 Å². The molecule has 0 atom stereocenters. The van der Waals surface area contributed by atoms with Crippen LogP contribution in [0.1, 0.15) is 11.1 Å². The van der Waals surface area contributed by atoms with E-state index in [2.05, 4.69) is 21.7 Å². The van der Waals surface area contributed by atoms with Gasteiger partial charge in [-0.3, -0.25) is 9.89 Å². The van der Waals surface area contributed by atoms with Gasteiger partial charge in [0.1, 0.15) is 5.75 Å². The molecule has 26 heavy (non-hydrogen) atoms. The molecule has 0 aromatic heterocycles. The van der Waals surface area contributed by atoms with Gasteiger partial charge in [0.05, 0.1) is 13.7 Å². The molecule has 0 bridgehead atoms. The number of nitrogens with zero attached hydrogens (tertiary/aromatic N) is 2. The summed E-state index contributed by atoms with van der Waals surface area (Å²) in [5, 5.41) is 6.16. The number of likely N-dealkylation sites (N-methyl/N-ethyl adjacent to an activating group) is 1. The first-order chi connectivity index (χ1) is 11.7. The van der Waals surface area contributed by atoms with Crippen molar-refractivity contribution >= 4 is 29.9 Å². The second kappa shape index (κ2) is 12.2. The number of guanidine groups is 1. The summed E-state index contributed by atoms with van der Waals surface area (Å²) in [4.78, 5) is 5.29. The second-order valence-corrected chi connectivity index (χ2v) is 5.84. The van der Waals surface area contributed by atoms with Gasteiger partial charge in [-0.05, 0) is 32.0 Å². The first kappa shape index (κ1) is 24.8. The molecule has 0 amide bonds. The first-order valence-electron chi connectivity index (χ1n) is 8.08. The molecule has 0 aliphatic carbocycles. The maximum absolute atomic E-state index is 12.3. The predicted molar refractivity (Wildman–Crippen MR) is 110 cm³/mol. The van der Waals surface area contributed by atoms with Crippen LogP contribution >= 0.6 is 24.0 Å². The van der Waals surface area contributed by atoms with Gasteiger partial charge in [-0.2, -0.15) is 13.2 Å². The first-order valence-corrected chi connectivity index (χ1v) is 8.08. The fourth-order valence-electron chi connectivity index (χ4n) is 2.39. The minimum atomic E-state index is -4.18. The number of hydrogen-bond acceptors (Lipinski definition) is 3. The third kappa shape index (κ3) is 10.0. The number of methoxy groups -OCH3 is 1.